The maximum Gasteiger partial charge on any atom is 0.305 e. The van der Waals surface area contributed by atoms with Crippen LogP contribution in [-0.2, 0) is 11.2 Å². The van der Waals surface area contributed by atoms with Crippen LogP contribution in [0.5, 0.6) is 0 Å². The predicted molar refractivity (Wildman–Crippen MR) is 73.0 cm³/mol. The molecule has 0 fully saturated rings. The van der Waals surface area contributed by atoms with Gasteiger partial charge in [0.15, 0.2) is 0 Å². The molecule has 1 aliphatic carbocycles. The monoisotopic (exact) mass is 259 g/mol. The van der Waals surface area contributed by atoms with E-state index in [1.807, 2.05) is 12.1 Å². The van der Waals surface area contributed by atoms with Crippen LogP contribution in [0.1, 0.15) is 41.3 Å². The molecule has 0 saturated heterocycles. The van der Waals surface area contributed by atoms with Gasteiger partial charge in [-0.1, -0.05) is 18.2 Å². The molecule has 1 aliphatic rings. The number of amides is 1. The van der Waals surface area contributed by atoms with E-state index in [-0.39, 0.29) is 18.4 Å². The highest BCUT2D eigenvalue weighted by Crippen LogP contribution is 2.20. The molecule has 1 unspecified atom stereocenters. The Labute approximate surface area is 112 Å². The Bertz CT molecular complexity index is 534. The number of allylic oxidation sites excluding steroid dienone is 1. The van der Waals surface area contributed by atoms with E-state index < -0.39 is 5.97 Å². The normalized spacial score (nSPS) is 14.6. The van der Waals surface area contributed by atoms with Gasteiger partial charge >= 0.3 is 5.97 Å². The minimum absolute atomic E-state index is 0.0700. The van der Waals surface area contributed by atoms with Crippen molar-refractivity contribution in [3.8, 4) is 0 Å². The lowest BCUT2D eigenvalue weighted by molar-refractivity contribution is -0.137. The number of carboxylic acid groups (broad SMARTS) is 1. The number of carbonyl (C=O) groups excluding carboxylic acids is 1. The number of fused-ring (bicyclic) bond motifs is 1. The average molecular weight is 259 g/mol. The molecule has 0 spiro atoms. The Morgan fingerprint density at radius 1 is 1.42 bits per heavy atom. The van der Waals surface area contributed by atoms with Gasteiger partial charge in [0, 0.05) is 11.6 Å². The van der Waals surface area contributed by atoms with Crippen LogP contribution in [-0.4, -0.2) is 23.0 Å². The van der Waals surface area contributed by atoms with E-state index in [1.54, 1.807) is 13.0 Å². The summed E-state index contributed by atoms with van der Waals surface area (Å²) >= 11 is 0. The van der Waals surface area contributed by atoms with Crippen LogP contribution < -0.4 is 5.32 Å². The third kappa shape index (κ3) is 3.44. The molecule has 1 aromatic rings. The molecular formula is C15H17NO3. The Balaban J connectivity index is 2.07. The van der Waals surface area contributed by atoms with E-state index in [2.05, 4.69) is 17.5 Å². The SMILES string of the molecule is CC(CC(=O)O)NC(=O)c1ccc2c(c1)CCC=C2. The van der Waals surface area contributed by atoms with Crippen LogP contribution in [0.15, 0.2) is 24.3 Å². The highest BCUT2D eigenvalue weighted by atomic mass is 16.4. The van der Waals surface area contributed by atoms with Crippen molar-refractivity contribution in [3.63, 3.8) is 0 Å². The topological polar surface area (TPSA) is 66.4 Å². The van der Waals surface area contributed by atoms with E-state index in [9.17, 15) is 9.59 Å². The van der Waals surface area contributed by atoms with Crippen molar-refractivity contribution in [2.45, 2.75) is 32.2 Å². The van der Waals surface area contributed by atoms with Gasteiger partial charge in [-0.15, -0.1) is 0 Å². The Kier molecular flexibility index (Phi) is 4.00. The van der Waals surface area contributed by atoms with Crippen molar-refractivity contribution in [1.82, 2.24) is 5.32 Å². The second-order valence-corrected chi connectivity index (χ2v) is 4.83. The highest BCUT2D eigenvalue weighted by molar-refractivity contribution is 5.95. The fourth-order valence-electron chi connectivity index (χ4n) is 2.20. The maximum atomic E-state index is 12.0. The molecular weight excluding hydrogens is 242 g/mol. The molecule has 0 bridgehead atoms. The third-order valence-corrected chi connectivity index (χ3v) is 3.14. The number of aryl methyl sites for hydroxylation is 1. The lowest BCUT2D eigenvalue weighted by Crippen LogP contribution is -2.34. The number of carboxylic acids is 1. The zero-order chi connectivity index (χ0) is 13.8. The van der Waals surface area contributed by atoms with E-state index in [4.69, 9.17) is 5.11 Å². The van der Waals surface area contributed by atoms with Gasteiger partial charge in [-0.05, 0) is 43.0 Å². The number of benzene rings is 1. The van der Waals surface area contributed by atoms with Gasteiger partial charge in [0.05, 0.1) is 6.42 Å². The minimum atomic E-state index is -0.914. The van der Waals surface area contributed by atoms with Crippen LogP contribution in [0, 0.1) is 0 Å². The molecule has 1 aromatic carbocycles. The van der Waals surface area contributed by atoms with Crippen LogP contribution in [0.2, 0.25) is 0 Å². The summed E-state index contributed by atoms with van der Waals surface area (Å²) in [6.45, 7) is 1.69. The van der Waals surface area contributed by atoms with Gasteiger partial charge in [0.2, 0.25) is 0 Å². The molecule has 2 N–H and O–H groups in total. The fraction of sp³-hybridized carbons (Fsp3) is 0.333. The van der Waals surface area contributed by atoms with E-state index in [0.717, 1.165) is 18.4 Å². The van der Waals surface area contributed by atoms with Crippen molar-refractivity contribution in [2.75, 3.05) is 0 Å². The lowest BCUT2D eigenvalue weighted by Gasteiger charge is -2.14. The first-order chi connectivity index (χ1) is 9.06. The molecule has 0 aromatic heterocycles. The Morgan fingerprint density at radius 2 is 2.21 bits per heavy atom. The van der Waals surface area contributed by atoms with Gasteiger partial charge in [0.25, 0.3) is 5.91 Å². The second kappa shape index (κ2) is 5.69. The summed E-state index contributed by atoms with van der Waals surface area (Å²) in [5.74, 6) is -1.13. The lowest BCUT2D eigenvalue weighted by atomic mass is 9.95. The highest BCUT2D eigenvalue weighted by Gasteiger charge is 2.14. The molecule has 0 aliphatic heterocycles. The maximum absolute atomic E-state index is 12.0. The molecule has 0 saturated carbocycles. The number of aliphatic carboxylic acids is 1. The smallest absolute Gasteiger partial charge is 0.305 e. The van der Waals surface area contributed by atoms with Gasteiger partial charge in [0.1, 0.15) is 0 Å². The number of nitrogens with one attached hydrogen (secondary N) is 1. The summed E-state index contributed by atoms with van der Waals surface area (Å²) < 4.78 is 0. The fourth-order valence-corrected chi connectivity index (χ4v) is 2.20. The van der Waals surface area contributed by atoms with Crippen molar-refractivity contribution in [2.24, 2.45) is 0 Å². The molecule has 4 nitrogen and oxygen atoms in total. The summed E-state index contributed by atoms with van der Waals surface area (Å²) in [6.07, 6.45) is 6.05. The number of carbonyl (C=O) groups is 2. The number of hydrogen-bond acceptors (Lipinski definition) is 2. The van der Waals surface area contributed by atoms with Crippen LogP contribution >= 0.6 is 0 Å². The van der Waals surface area contributed by atoms with Crippen LogP contribution in [0.4, 0.5) is 0 Å². The Hall–Kier alpha value is -2.10. The first kappa shape index (κ1) is 13.3. The van der Waals surface area contributed by atoms with Crippen molar-refractivity contribution in [1.29, 1.82) is 0 Å². The van der Waals surface area contributed by atoms with E-state index >= 15 is 0 Å². The molecule has 4 heteroatoms. The molecule has 0 radical (unpaired) electrons. The van der Waals surface area contributed by atoms with Crippen molar-refractivity contribution >= 4 is 18.0 Å². The first-order valence-electron chi connectivity index (χ1n) is 6.38. The summed E-state index contributed by atoms with van der Waals surface area (Å²) in [5, 5.41) is 11.4. The zero-order valence-corrected chi connectivity index (χ0v) is 10.8. The van der Waals surface area contributed by atoms with Gasteiger partial charge in [-0.3, -0.25) is 9.59 Å². The molecule has 2 rings (SSSR count). The molecule has 0 heterocycles. The standard InChI is InChI=1S/C15H17NO3/c1-10(8-14(17)18)16-15(19)13-7-6-11-4-2-3-5-12(11)9-13/h2,4,6-7,9-10H,3,5,8H2,1H3,(H,16,19)(H,17,18). The van der Waals surface area contributed by atoms with Crippen molar-refractivity contribution < 1.29 is 14.7 Å². The predicted octanol–water partition coefficient (Wildman–Crippen LogP) is 2.24. The third-order valence-electron chi connectivity index (χ3n) is 3.14. The quantitative estimate of drug-likeness (QED) is 0.871. The summed E-state index contributed by atoms with van der Waals surface area (Å²) in [6, 6.07) is 5.22. The zero-order valence-electron chi connectivity index (χ0n) is 10.8. The van der Waals surface area contributed by atoms with Crippen LogP contribution in [0.25, 0.3) is 6.08 Å². The molecule has 19 heavy (non-hydrogen) atoms. The van der Waals surface area contributed by atoms with Gasteiger partial charge in [-0.25, -0.2) is 0 Å². The summed E-state index contributed by atoms with van der Waals surface area (Å²) in [4.78, 5) is 22.6. The van der Waals surface area contributed by atoms with Crippen molar-refractivity contribution in [3.05, 3.63) is 41.0 Å². The second-order valence-electron chi connectivity index (χ2n) is 4.83. The number of rotatable bonds is 4. The van der Waals surface area contributed by atoms with E-state index in [0.29, 0.717) is 5.56 Å². The number of hydrogen-bond donors (Lipinski definition) is 2. The molecule has 100 valence electrons. The van der Waals surface area contributed by atoms with Gasteiger partial charge in [-0.2, -0.15) is 0 Å². The molecule has 1 amide bonds. The first-order valence-corrected chi connectivity index (χ1v) is 6.38. The molecule has 1 atom stereocenters. The van der Waals surface area contributed by atoms with E-state index in [1.165, 1.54) is 5.56 Å². The minimum Gasteiger partial charge on any atom is -0.481 e. The largest absolute Gasteiger partial charge is 0.481 e. The Morgan fingerprint density at radius 3 is 2.95 bits per heavy atom. The average Bonchev–Trinajstić information content (AvgIpc) is 2.37. The summed E-state index contributed by atoms with van der Waals surface area (Å²) in [7, 11) is 0. The van der Waals surface area contributed by atoms with Gasteiger partial charge < -0.3 is 10.4 Å². The van der Waals surface area contributed by atoms with Crippen LogP contribution in [0.3, 0.4) is 0 Å². The summed E-state index contributed by atoms with van der Waals surface area (Å²) in [5.41, 5.74) is 2.91.